The fourth-order valence-corrected chi connectivity index (χ4v) is 4.36. The van der Waals surface area contributed by atoms with E-state index in [2.05, 4.69) is 40.7 Å². The van der Waals surface area contributed by atoms with E-state index in [1.807, 2.05) is 40.8 Å². The third-order valence-corrected chi connectivity index (χ3v) is 5.81. The lowest BCUT2D eigenvalue weighted by Gasteiger charge is -2.38. The maximum absolute atomic E-state index is 13.1. The molecule has 1 saturated heterocycles. The lowest BCUT2D eigenvalue weighted by atomic mass is 10.0. The largest absolute Gasteiger partial charge is 0.339 e. The highest BCUT2D eigenvalue weighted by molar-refractivity contribution is 9.10. The Labute approximate surface area is 156 Å². The van der Waals surface area contributed by atoms with Crippen LogP contribution in [-0.2, 0) is 7.05 Å². The van der Waals surface area contributed by atoms with Crippen LogP contribution in [0, 0.1) is 17.2 Å². The number of hydrogen-bond acceptors (Lipinski definition) is 3. The number of hydrogen-bond donors (Lipinski definition) is 0. The van der Waals surface area contributed by atoms with E-state index in [1.165, 1.54) is 0 Å². The van der Waals surface area contributed by atoms with Gasteiger partial charge in [0.25, 0.3) is 5.91 Å². The summed E-state index contributed by atoms with van der Waals surface area (Å²) in [5.74, 6) is 0.336. The molecular weight excluding hydrogens is 380 g/mol. The molecule has 1 aromatic carbocycles. The molecule has 1 fully saturated rings. The molecule has 0 N–H and O–H groups in total. The van der Waals surface area contributed by atoms with Gasteiger partial charge >= 0.3 is 0 Å². The zero-order valence-corrected chi connectivity index (χ0v) is 16.5. The molecule has 2 aromatic rings. The molecule has 1 atom stereocenters. The summed E-state index contributed by atoms with van der Waals surface area (Å²) in [6.45, 7) is 6.92. The first-order valence-corrected chi connectivity index (χ1v) is 9.40. The molecule has 25 heavy (non-hydrogen) atoms. The van der Waals surface area contributed by atoms with E-state index < -0.39 is 0 Å². The predicted molar refractivity (Wildman–Crippen MR) is 102 cm³/mol. The van der Waals surface area contributed by atoms with Crippen LogP contribution in [0.5, 0.6) is 0 Å². The van der Waals surface area contributed by atoms with E-state index in [1.54, 1.807) is 0 Å². The van der Waals surface area contributed by atoms with E-state index in [9.17, 15) is 10.1 Å². The predicted octanol–water partition coefficient (Wildman–Crippen LogP) is 3.25. The Kier molecular flexibility index (Phi) is 5.16. The molecule has 0 spiro atoms. The first kappa shape index (κ1) is 18.0. The van der Waals surface area contributed by atoms with Gasteiger partial charge in [-0.15, -0.1) is 0 Å². The van der Waals surface area contributed by atoms with E-state index in [0.29, 0.717) is 24.7 Å². The highest BCUT2D eigenvalue weighted by Crippen LogP contribution is 2.31. The van der Waals surface area contributed by atoms with Crippen LogP contribution in [0.3, 0.4) is 0 Å². The van der Waals surface area contributed by atoms with Gasteiger partial charge in [0.05, 0.1) is 10.5 Å². The van der Waals surface area contributed by atoms with Gasteiger partial charge in [-0.25, -0.2) is 0 Å². The Morgan fingerprint density at radius 1 is 1.20 bits per heavy atom. The quantitative estimate of drug-likeness (QED) is 0.791. The zero-order valence-electron chi connectivity index (χ0n) is 14.9. The number of carbonyl (C=O) groups is 1. The van der Waals surface area contributed by atoms with Crippen molar-refractivity contribution in [1.82, 2.24) is 14.4 Å². The van der Waals surface area contributed by atoms with Gasteiger partial charge in [-0.3, -0.25) is 9.69 Å². The van der Waals surface area contributed by atoms with E-state index in [4.69, 9.17) is 0 Å². The summed E-state index contributed by atoms with van der Waals surface area (Å²) >= 11 is 3.61. The zero-order chi connectivity index (χ0) is 18.1. The van der Waals surface area contributed by atoms with Crippen molar-refractivity contribution in [3.63, 3.8) is 0 Å². The molecule has 0 aliphatic carbocycles. The Morgan fingerprint density at radius 2 is 1.84 bits per heavy atom. The number of fused-ring (bicyclic) bond motifs is 1. The minimum absolute atomic E-state index is 0.0447. The van der Waals surface area contributed by atoms with Crippen LogP contribution in [0.1, 0.15) is 24.3 Å². The van der Waals surface area contributed by atoms with Crippen LogP contribution < -0.4 is 0 Å². The molecule has 2 heterocycles. The molecule has 132 valence electrons. The average Bonchev–Trinajstić information content (AvgIpc) is 2.87. The topological polar surface area (TPSA) is 52.3 Å². The smallest absolute Gasteiger partial charge is 0.271 e. The first-order chi connectivity index (χ1) is 12.0. The number of aromatic nitrogens is 1. The second-order valence-electron chi connectivity index (χ2n) is 6.88. The molecule has 0 radical (unpaired) electrons. The summed E-state index contributed by atoms with van der Waals surface area (Å²) in [4.78, 5) is 17.2. The molecule has 1 aliphatic heterocycles. The van der Waals surface area contributed by atoms with Crippen molar-refractivity contribution in [2.75, 3.05) is 26.2 Å². The summed E-state index contributed by atoms with van der Waals surface area (Å²) in [7, 11) is 1.93. The van der Waals surface area contributed by atoms with E-state index in [-0.39, 0.29) is 11.9 Å². The highest BCUT2D eigenvalue weighted by Gasteiger charge is 2.30. The molecule has 3 rings (SSSR count). The maximum Gasteiger partial charge on any atom is 0.271 e. The van der Waals surface area contributed by atoms with Gasteiger partial charge in [0, 0.05) is 44.1 Å². The minimum Gasteiger partial charge on any atom is -0.339 e. The highest BCUT2D eigenvalue weighted by atomic mass is 79.9. The normalized spacial score (nSPS) is 17.0. The third-order valence-electron chi connectivity index (χ3n) is 5.01. The Hall–Kier alpha value is -1.84. The summed E-state index contributed by atoms with van der Waals surface area (Å²) in [5, 5.41) is 10.4. The molecule has 1 aromatic heterocycles. The number of carbonyl (C=O) groups excluding carboxylic acids is 1. The fraction of sp³-hybridized carbons (Fsp3) is 0.474. The molecule has 1 amide bonds. The molecule has 1 aliphatic rings. The number of rotatable bonds is 3. The molecule has 0 bridgehead atoms. The van der Waals surface area contributed by atoms with Crippen LogP contribution in [-0.4, -0.2) is 52.5 Å². The monoisotopic (exact) mass is 402 g/mol. The van der Waals surface area contributed by atoms with Crippen molar-refractivity contribution in [1.29, 1.82) is 5.26 Å². The van der Waals surface area contributed by atoms with Gasteiger partial charge in [-0.05, 0) is 27.9 Å². The number of halogens is 1. The summed E-state index contributed by atoms with van der Waals surface area (Å²) < 4.78 is 2.82. The van der Waals surface area contributed by atoms with Crippen LogP contribution in [0.4, 0.5) is 0 Å². The van der Waals surface area contributed by atoms with Gasteiger partial charge in [0.1, 0.15) is 11.7 Å². The summed E-state index contributed by atoms with van der Waals surface area (Å²) in [5.41, 5.74) is 1.73. The molecule has 6 heteroatoms. The molecule has 1 unspecified atom stereocenters. The number of amides is 1. The van der Waals surface area contributed by atoms with Gasteiger partial charge in [0.15, 0.2) is 0 Å². The number of benzene rings is 1. The van der Waals surface area contributed by atoms with Crippen molar-refractivity contribution < 1.29 is 4.79 Å². The average molecular weight is 403 g/mol. The fourth-order valence-electron chi connectivity index (χ4n) is 3.59. The van der Waals surface area contributed by atoms with Crippen molar-refractivity contribution in [3.05, 3.63) is 34.4 Å². The minimum atomic E-state index is -0.0818. The van der Waals surface area contributed by atoms with Crippen molar-refractivity contribution in [2.45, 2.75) is 19.9 Å². The van der Waals surface area contributed by atoms with Crippen molar-refractivity contribution in [2.24, 2.45) is 13.0 Å². The Morgan fingerprint density at radius 3 is 2.40 bits per heavy atom. The van der Waals surface area contributed by atoms with Gasteiger partial charge < -0.3 is 9.47 Å². The first-order valence-electron chi connectivity index (χ1n) is 8.61. The second kappa shape index (κ2) is 7.19. The Balaban J connectivity index is 1.79. The summed E-state index contributed by atoms with van der Waals surface area (Å²) in [6, 6.07) is 10.3. The second-order valence-corrected chi connectivity index (χ2v) is 7.68. The molecule has 0 saturated carbocycles. The van der Waals surface area contributed by atoms with E-state index >= 15 is 0 Å². The SMILES string of the molecule is CC(C)C(C#N)N1CCN(C(=O)c2c(Br)c3ccccc3n2C)CC1. The van der Waals surface area contributed by atoms with Gasteiger partial charge in [-0.2, -0.15) is 5.26 Å². The number of piperazine rings is 1. The van der Waals surface area contributed by atoms with Gasteiger partial charge in [-0.1, -0.05) is 32.0 Å². The van der Waals surface area contributed by atoms with Crippen molar-refractivity contribution >= 4 is 32.7 Å². The number of nitriles is 1. The lowest BCUT2D eigenvalue weighted by molar-refractivity contribution is 0.0567. The molecule has 5 nitrogen and oxygen atoms in total. The van der Waals surface area contributed by atoms with Crippen LogP contribution in [0.15, 0.2) is 28.7 Å². The van der Waals surface area contributed by atoms with Crippen molar-refractivity contribution in [3.8, 4) is 6.07 Å². The van der Waals surface area contributed by atoms with Crippen LogP contribution in [0.2, 0.25) is 0 Å². The lowest BCUT2D eigenvalue weighted by Crippen LogP contribution is -2.53. The molecular formula is C19H23BrN4O. The van der Waals surface area contributed by atoms with Gasteiger partial charge in [0.2, 0.25) is 0 Å². The number of nitrogens with zero attached hydrogens (tertiary/aromatic N) is 4. The van der Waals surface area contributed by atoms with Crippen LogP contribution >= 0.6 is 15.9 Å². The summed E-state index contributed by atoms with van der Waals surface area (Å²) in [6.07, 6.45) is 0. The van der Waals surface area contributed by atoms with E-state index in [0.717, 1.165) is 28.5 Å². The Bertz CT molecular complexity index is 789. The standard InChI is InChI=1S/C19H23BrN4O/c1-13(2)16(12-21)23-8-10-24(11-9-23)19(25)18-17(20)14-6-4-5-7-15(14)22(18)3/h4-7,13,16H,8-11H2,1-3H3. The number of para-hydroxylation sites is 1. The third kappa shape index (κ3) is 3.19. The maximum atomic E-state index is 13.1. The number of aryl methyl sites for hydroxylation is 1. The van der Waals surface area contributed by atoms with Crippen LogP contribution in [0.25, 0.3) is 10.9 Å².